The summed E-state index contributed by atoms with van der Waals surface area (Å²) < 4.78 is 0. The molecule has 0 aliphatic heterocycles. The molecule has 126 heavy (non-hydrogen) atoms. The zero-order chi connectivity index (χ0) is 86.2. The molecule has 0 saturated heterocycles. The quantitative estimate of drug-likeness (QED) is 0.0306. The van der Waals surface area contributed by atoms with Crippen molar-refractivity contribution in [2.75, 3.05) is 15.5 Å². The van der Waals surface area contributed by atoms with Crippen LogP contribution in [-0.2, 0) is 16.2 Å². The van der Waals surface area contributed by atoms with Gasteiger partial charge in [0.2, 0.25) is 0 Å². The average molecular weight is 1650 g/mol. The first kappa shape index (κ1) is 86.6. The number of nitrogens with two attached hydrogens (primary N) is 1. The maximum atomic E-state index is 6.10. The lowest BCUT2D eigenvalue weighted by Crippen LogP contribution is -2.26. The second-order valence-electron chi connectivity index (χ2n) is 37.2. The largest absolute Gasteiger partial charge is 0.399 e. The summed E-state index contributed by atoms with van der Waals surface area (Å²) in [7, 11) is 0. The van der Waals surface area contributed by atoms with Crippen LogP contribution >= 0.6 is 0 Å². The van der Waals surface area contributed by atoms with Crippen LogP contribution in [0.3, 0.4) is 0 Å². The third-order valence-corrected chi connectivity index (χ3v) is 29.1. The van der Waals surface area contributed by atoms with E-state index >= 15 is 0 Å². The van der Waals surface area contributed by atoms with E-state index in [1.165, 1.54) is 330 Å². The van der Waals surface area contributed by atoms with Gasteiger partial charge in [-0.25, -0.2) is 0 Å². The monoisotopic (exact) mass is 1650 g/mol. The van der Waals surface area contributed by atoms with Crippen molar-refractivity contribution in [3.63, 3.8) is 0 Å². The fraction of sp³-hybridized carbons (Fsp3) is 0.317. The van der Waals surface area contributed by atoms with Crippen LogP contribution in [0.2, 0.25) is 0 Å². The zero-order valence-corrected chi connectivity index (χ0v) is 76.3. The Balaban J connectivity index is 0.671. The smallest absolute Gasteiger partial charge is 0.0465 e. The molecule has 0 bridgehead atoms. The summed E-state index contributed by atoms with van der Waals surface area (Å²) in [6.07, 6.45) is 37.2. The molecule has 640 valence electrons. The molecule has 0 fully saturated rings. The molecule has 14 aromatic rings. The topological polar surface area (TPSA) is 32.5 Å². The number of para-hydroxylation sites is 1. The summed E-state index contributed by atoms with van der Waals surface area (Å²) >= 11 is 0. The summed E-state index contributed by atoms with van der Waals surface area (Å²) in [5.74, 6) is 0. The number of unbranched alkanes of at least 4 members (excludes halogenated alkanes) is 18. The highest BCUT2D eigenvalue weighted by molar-refractivity contribution is 5.91. The molecule has 0 aromatic heterocycles. The van der Waals surface area contributed by atoms with E-state index in [-0.39, 0.29) is 16.2 Å². The van der Waals surface area contributed by atoms with Gasteiger partial charge in [0.1, 0.15) is 0 Å². The Bertz CT molecular complexity index is 5880. The maximum absolute atomic E-state index is 6.10. The van der Waals surface area contributed by atoms with Crippen molar-refractivity contribution in [2.24, 2.45) is 0 Å². The summed E-state index contributed by atoms with van der Waals surface area (Å²) in [6, 6.07) is 124. The van der Waals surface area contributed by atoms with Gasteiger partial charge in [0.25, 0.3) is 0 Å². The summed E-state index contributed by atoms with van der Waals surface area (Å²) in [4.78, 5) is 5.02. The number of benzene rings is 14. The third-order valence-electron chi connectivity index (χ3n) is 29.1. The number of anilines is 7. The van der Waals surface area contributed by atoms with Gasteiger partial charge >= 0.3 is 0 Å². The molecule has 0 amide bonds. The second kappa shape index (κ2) is 40.4. The lowest BCUT2D eigenvalue weighted by atomic mass is 9.70. The first-order valence-corrected chi connectivity index (χ1v) is 49.0. The Morgan fingerprint density at radius 3 is 0.675 bits per heavy atom. The molecule has 3 aliphatic carbocycles. The van der Waals surface area contributed by atoms with Crippen molar-refractivity contribution in [3.05, 3.63) is 355 Å². The van der Waals surface area contributed by atoms with Crippen molar-refractivity contribution in [3.8, 4) is 100 Å². The number of nitrogen functional groups attached to an aromatic ring is 1. The van der Waals surface area contributed by atoms with Crippen molar-refractivity contribution in [1.29, 1.82) is 0 Å². The second-order valence-corrected chi connectivity index (χ2v) is 37.2. The minimum Gasteiger partial charge on any atom is -0.399 e. The molecule has 0 radical (unpaired) electrons. The third kappa shape index (κ3) is 18.0. The number of fused-ring (bicyclic) bond motifs is 9. The number of nitrogens with zero attached hydrogens (tertiary/aromatic N) is 2. The Kier molecular flexibility index (Phi) is 27.8. The molecule has 3 aliphatic rings. The van der Waals surface area contributed by atoms with Gasteiger partial charge in [-0.3, -0.25) is 0 Å². The number of hydrogen-bond acceptors (Lipinski definition) is 3. The molecule has 0 unspecified atom stereocenters. The molecule has 3 nitrogen and oxygen atoms in total. The Morgan fingerprint density at radius 1 is 0.175 bits per heavy atom. The molecule has 0 heterocycles. The van der Waals surface area contributed by atoms with Gasteiger partial charge in [0.15, 0.2) is 0 Å². The summed E-state index contributed by atoms with van der Waals surface area (Å²) in [6.45, 7) is 14.0. The van der Waals surface area contributed by atoms with E-state index in [0.717, 1.165) is 35.6 Å². The van der Waals surface area contributed by atoms with E-state index < -0.39 is 0 Å². The van der Waals surface area contributed by atoms with Gasteiger partial charge in [0, 0.05) is 56.1 Å². The minimum absolute atomic E-state index is 0.00114. The van der Waals surface area contributed by atoms with E-state index in [4.69, 9.17) is 5.73 Å². The number of hydrogen-bond donors (Lipinski definition) is 1. The van der Waals surface area contributed by atoms with E-state index in [1.54, 1.807) is 0 Å². The molecule has 0 saturated carbocycles. The van der Waals surface area contributed by atoms with Crippen molar-refractivity contribution in [1.82, 2.24) is 0 Å². The molecule has 0 atom stereocenters. The minimum atomic E-state index is -0.0676. The van der Waals surface area contributed by atoms with Gasteiger partial charge in [-0.05, 0) is 269 Å². The molecule has 3 heteroatoms. The van der Waals surface area contributed by atoms with Crippen molar-refractivity contribution in [2.45, 2.75) is 250 Å². The van der Waals surface area contributed by atoms with Crippen molar-refractivity contribution < 1.29 is 0 Å². The van der Waals surface area contributed by atoms with Gasteiger partial charge in [-0.2, -0.15) is 0 Å². The van der Waals surface area contributed by atoms with Crippen LogP contribution in [-0.4, -0.2) is 0 Å². The van der Waals surface area contributed by atoms with Crippen LogP contribution in [0, 0.1) is 0 Å². The average Bonchev–Trinajstić information content (AvgIpc) is 1.56. The lowest BCUT2D eigenvalue weighted by molar-refractivity contribution is 0.401. The Morgan fingerprint density at radius 2 is 0.381 bits per heavy atom. The van der Waals surface area contributed by atoms with Crippen LogP contribution in [0.25, 0.3) is 100 Å². The van der Waals surface area contributed by atoms with Crippen LogP contribution in [0.4, 0.5) is 39.8 Å². The molecular weight excluding hydrogens is 1520 g/mol. The standard InChI is InChI=1S/C123H133N3/c1-7-13-19-32-80-121(81-33-20-14-8-2)115-42-30-28-40-109(115)113-78-74-107(88-119(113)121)125(103-38-26-25-27-39-103)104-68-58-95(59-69-104)91-44-46-92(47-45-91)96-60-70-105(71-61-96)126(108-75-79-114-110-41-29-31-43-116(110)122(120(114)89-108,82-34-21-15-9-3)83-35-22-16-10-4)106-72-62-97(63-73-106)93-50-54-99(55-51-93)101-65-77-112-111-76-64-100(98-52-48-90(49-53-98)94-56-66-102(124)67-57-94)86-117(111)123(118(112)87-101,84-36-23-17-11-5)85-37-24-18-12-6/h25-31,38-79,86-89H,7-24,32-37,80-85,124H2,1-6H3. The Hall–Kier alpha value is -11.5. The molecule has 2 N–H and O–H groups in total. The van der Waals surface area contributed by atoms with Gasteiger partial charge in [0.05, 0.1) is 0 Å². The fourth-order valence-corrected chi connectivity index (χ4v) is 22.3. The Labute approximate surface area is 755 Å². The maximum Gasteiger partial charge on any atom is 0.0465 e. The van der Waals surface area contributed by atoms with Crippen LogP contribution in [0.15, 0.2) is 322 Å². The van der Waals surface area contributed by atoms with Crippen LogP contribution in [0.1, 0.15) is 268 Å². The van der Waals surface area contributed by atoms with Crippen molar-refractivity contribution >= 4 is 39.8 Å². The fourth-order valence-electron chi connectivity index (χ4n) is 22.3. The first-order valence-electron chi connectivity index (χ1n) is 49.0. The molecule has 14 aromatic carbocycles. The first-order chi connectivity index (χ1) is 62.1. The van der Waals surface area contributed by atoms with E-state index in [9.17, 15) is 0 Å². The van der Waals surface area contributed by atoms with E-state index in [2.05, 4.69) is 361 Å². The lowest BCUT2D eigenvalue weighted by Gasteiger charge is -2.34. The normalized spacial score (nSPS) is 13.4. The molecule has 0 spiro atoms. The van der Waals surface area contributed by atoms with Crippen LogP contribution < -0.4 is 15.5 Å². The zero-order valence-electron chi connectivity index (χ0n) is 76.3. The van der Waals surface area contributed by atoms with E-state index in [1.807, 2.05) is 12.1 Å². The highest BCUT2D eigenvalue weighted by Crippen LogP contribution is 2.60. The van der Waals surface area contributed by atoms with Gasteiger partial charge in [-0.15, -0.1) is 0 Å². The molecule has 17 rings (SSSR count). The highest BCUT2D eigenvalue weighted by atomic mass is 15.1. The molecular formula is C123H133N3. The summed E-state index contributed by atoms with van der Waals surface area (Å²) in [5.41, 5.74) is 46.2. The predicted octanol–water partition coefficient (Wildman–Crippen LogP) is 36.8. The van der Waals surface area contributed by atoms with Gasteiger partial charge < -0.3 is 15.5 Å². The number of rotatable bonds is 42. The van der Waals surface area contributed by atoms with Crippen LogP contribution in [0.5, 0.6) is 0 Å². The van der Waals surface area contributed by atoms with E-state index in [0.29, 0.717) is 0 Å². The summed E-state index contributed by atoms with van der Waals surface area (Å²) in [5, 5.41) is 0. The predicted molar refractivity (Wildman–Crippen MR) is 544 cm³/mol. The van der Waals surface area contributed by atoms with Gasteiger partial charge in [-0.1, -0.05) is 420 Å². The SMILES string of the molecule is CCCCCCC1(CCCCCC)c2cc(-c3ccc(-c4ccc(N)cc4)cc3)ccc2-c2ccc(-c3ccc(-c4ccc(N(c5ccc(-c6ccc(-c7ccc(N(c8ccccc8)c8ccc9c(c8)C(CCCCCC)(CCCCCC)c8ccccc8-9)cc7)cc6)cc5)c5ccc6c(c5)C(CCCCCC)(CCCCCC)c5ccccc5-6)cc4)cc3)cc21. The highest BCUT2D eigenvalue weighted by Gasteiger charge is 2.46.